The van der Waals surface area contributed by atoms with Crippen LogP contribution >= 0.6 is 12.2 Å². The number of nitrogens with one attached hydrogen (secondary N) is 3. The van der Waals surface area contributed by atoms with Gasteiger partial charge in [-0.1, -0.05) is 0 Å². The number of thiocarbonyl (C=S) groups is 1. The number of hydrogen-bond acceptors (Lipinski definition) is 5. The van der Waals surface area contributed by atoms with Gasteiger partial charge in [0.2, 0.25) is 0 Å². The number of furan rings is 1. The number of quaternary nitrogens is 1. The molecular weight excluding hydrogens is 304 g/mol. The number of likely N-dealkylation sites (N-methyl/N-ethyl adjacent to an activating group) is 1. The van der Waals surface area contributed by atoms with Crippen LogP contribution in [-0.4, -0.2) is 50.2 Å². The highest BCUT2D eigenvalue weighted by Crippen LogP contribution is 2.21. The Bertz CT molecular complexity index is 637. The summed E-state index contributed by atoms with van der Waals surface area (Å²) in [4.78, 5) is 27.2. The summed E-state index contributed by atoms with van der Waals surface area (Å²) in [6, 6.07) is 3.61. The van der Waals surface area contributed by atoms with E-state index in [4.69, 9.17) is 16.6 Å². The summed E-state index contributed by atoms with van der Waals surface area (Å²) in [5.74, 6) is 0.186. The third-order valence-electron chi connectivity index (χ3n) is 3.77. The van der Waals surface area contributed by atoms with Gasteiger partial charge in [-0.2, -0.15) is 0 Å². The zero-order valence-corrected chi connectivity index (χ0v) is 13.0. The molecule has 3 rings (SSSR count). The van der Waals surface area contributed by atoms with Gasteiger partial charge in [0.15, 0.2) is 11.0 Å². The Morgan fingerprint density at radius 1 is 1.23 bits per heavy atom. The van der Waals surface area contributed by atoms with Crippen molar-refractivity contribution in [2.24, 2.45) is 0 Å². The molecule has 2 aliphatic heterocycles. The van der Waals surface area contributed by atoms with Crippen LogP contribution in [0.3, 0.4) is 0 Å². The molecule has 2 aliphatic rings. The van der Waals surface area contributed by atoms with Crippen LogP contribution in [0.5, 0.6) is 0 Å². The molecular formula is C14H17N4O3S+. The van der Waals surface area contributed by atoms with E-state index in [0.717, 1.165) is 32.1 Å². The first-order valence-corrected chi connectivity index (χ1v) is 7.48. The molecule has 0 saturated carbocycles. The summed E-state index contributed by atoms with van der Waals surface area (Å²) in [5.41, 5.74) is -0.0164. The van der Waals surface area contributed by atoms with Crippen molar-refractivity contribution in [3.05, 3.63) is 23.5 Å². The van der Waals surface area contributed by atoms with Crippen LogP contribution in [0, 0.1) is 0 Å². The maximum atomic E-state index is 11.8. The maximum Gasteiger partial charge on any atom is 0.263 e. The lowest BCUT2D eigenvalue weighted by Crippen LogP contribution is -3.12. The molecule has 1 aromatic heterocycles. The van der Waals surface area contributed by atoms with Gasteiger partial charge in [-0.3, -0.25) is 20.2 Å². The lowest BCUT2D eigenvalue weighted by atomic mass is 10.1. The van der Waals surface area contributed by atoms with Crippen LogP contribution in [0.25, 0.3) is 6.08 Å². The molecule has 0 aliphatic carbocycles. The standard InChI is InChI=1S/C14H16N4O3S/c1-17-4-6-18(7-5-17)11-3-2-9(21-11)8-10-12(19)15-14(22)16-13(10)20/h2-3,8H,4-7H2,1H3,(H2,15,16,19,20,22)/p+1. The predicted octanol–water partition coefficient (Wildman–Crippen LogP) is -1.47. The van der Waals surface area contributed by atoms with Crippen molar-refractivity contribution in [2.75, 3.05) is 38.1 Å². The molecule has 2 saturated heterocycles. The fraction of sp³-hybridized carbons (Fsp3) is 0.357. The topological polar surface area (TPSA) is 79.0 Å². The van der Waals surface area contributed by atoms with Crippen molar-refractivity contribution < 1.29 is 18.9 Å². The Hall–Kier alpha value is -2.19. The first-order chi connectivity index (χ1) is 10.5. The molecule has 0 radical (unpaired) electrons. The van der Waals surface area contributed by atoms with Gasteiger partial charge >= 0.3 is 0 Å². The van der Waals surface area contributed by atoms with E-state index in [2.05, 4.69) is 22.6 Å². The number of hydrogen-bond donors (Lipinski definition) is 3. The number of nitrogens with zero attached hydrogens (tertiary/aromatic N) is 1. The van der Waals surface area contributed by atoms with E-state index < -0.39 is 11.8 Å². The summed E-state index contributed by atoms with van der Waals surface area (Å²) in [6.07, 6.45) is 1.43. The molecule has 22 heavy (non-hydrogen) atoms. The van der Waals surface area contributed by atoms with E-state index in [9.17, 15) is 9.59 Å². The normalized spacial score (nSPS) is 20.0. The number of carbonyl (C=O) groups excluding carboxylic acids is 2. The zero-order valence-electron chi connectivity index (χ0n) is 12.1. The molecule has 2 amide bonds. The number of rotatable bonds is 2. The third kappa shape index (κ3) is 3.02. The average Bonchev–Trinajstić information content (AvgIpc) is 2.92. The highest BCUT2D eigenvalue weighted by atomic mass is 32.1. The molecule has 1 aromatic rings. The number of amides is 2. The summed E-state index contributed by atoms with van der Waals surface area (Å²) < 4.78 is 5.73. The summed E-state index contributed by atoms with van der Waals surface area (Å²) in [6.45, 7) is 3.95. The van der Waals surface area contributed by atoms with E-state index in [-0.39, 0.29) is 10.7 Å². The SMILES string of the molecule is C[NH+]1CCN(c2ccc(C=C3C(=O)NC(=S)NC3=O)o2)CC1. The summed E-state index contributed by atoms with van der Waals surface area (Å²) in [7, 11) is 2.17. The molecule has 3 N–H and O–H groups in total. The van der Waals surface area contributed by atoms with Gasteiger partial charge in [0, 0.05) is 6.07 Å². The van der Waals surface area contributed by atoms with Crippen LogP contribution in [0.4, 0.5) is 5.88 Å². The molecule has 2 fully saturated rings. The molecule has 116 valence electrons. The van der Waals surface area contributed by atoms with E-state index in [0.29, 0.717) is 5.76 Å². The molecule has 3 heterocycles. The molecule has 0 atom stereocenters. The van der Waals surface area contributed by atoms with Crippen molar-refractivity contribution in [1.82, 2.24) is 10.6 Å². The quantitative estimate of drug-likeness (QED) is 0.352. The van der Waals surface area contributed by atoms with Gasteiger partial charge < -0.3 is 14.2 Å². The minimum absolute atomic E-state index is 0.0164. The molecule has 7 nitrogen and oxygen atoms in total. The fourth-order valence-corrected chi connectivity index (χ4v) is 2.63. The largest absolute Gasteiger partial charge is 0.441 e. The minimum atomic E-state index is -0.519. The second-order valence-corrected chi connectivity index (χ2v) is 5.82. The minimum Gasteiger partial charge on any atom is -0.441 e. The van der Waals surface area contributed by atoms with E-state index in [1.54, 1.807) is 6.07 Å². The van der Waals surface area contributed by atoms with Gasteiger partial charge in [-0.15, -0.1) is 0 Å². The van der Waals surface area contributed by atoms with Gasteiger partial charge in [-0.05, 0) is 24.4 Å². The van der Waals surface area contributed by atoms with Crippen molar-refractivity contribution in [3.63, 3.8) is 0 Å². The predicted molar refractivity (Wildman–Crippen MR) is 84.4 cm³/mol. The number of carbonyl (C=O) groups is 2. The van der Waals surface area contributed by atoms with E-state index in [1.807, 2.05) is 6.07 Å². The van der Waals surface area contributed by atoms with Crippen molar-refractivity contribution in [1.29, 1.82) is 0 Å². The number of anilines is 1. The van der Waals surface area contributed by atoms with Crippen molar-refractivity contribution in [3.8, 4) is 0 Å². The van der Waals surface area contributed by atoms with Crippen LogP contribution in [0.1, 0.15) is 5.76 Å². The first kappa shape index (κ1) is 14.7. The lowest BCUT2D eigenvalue weighted by molar-refractivity contribution is -0.880. The second-order valence-electron chi connectivity index (χ2n) is 5.42. The molecule has 0 aromatic carbocycles. The van der Waals surface area contributed by atoms with Gasteiger partial charge in [-0.25, -0.2) is 0 Å². The average molecular weight is 321 g/mol. The third-order valence-corrected chi connectivity index (χ3v) is 3.98. The smallest absolute Gasteiger partial charge is 0.263 e. The highest BCUT2D eigenvalue weighted by molar-refractivity contribution is 7.80. The van der Waals surface area contributed by atoms with Crippen molar-refractivity contribution in [2.45, 2.75) is 0 Å². The molecule has 0 unspecified atom stereocenters. The zero-order chi connectivity index (χ0) is 15.7. The van der Waals surface area contributed by atoms with Crippen LogP contribution < -0.4 is 20.4 Å². The van der Waals surface area contributed by atoms with Crippen LogP contribution in [0.15, 0.2) is 22.1 Å². The Kier molecular flexibility index (Phi) is 3.95. The molecule has 8 heteroatoms. The Labute approximate surface area is 132 Å². The molecule has 0 bridgehead atoms. The first-order valence-electron chi connectivity index (χ1n) is 7.07. The molecule has 0 spiro atoms. The Morgan fingerprint density at radius 2 is 1.86 bits per heavy atom. The maximum absolute atomic E-state index is 11.8. The van der Waals surface area contributed by atoms with Crippen LogP contribution in [0.2, 0.25) is 0 Å². The highest BCUT2D eigenvalue weighted by Gasteiger charge is 2.26. The fourth-order valence-electron chi connectivity index (χ4n) is 2.45. The number of piperazine rings is 1. The van der Waals surface area contributed by atoms with E-state index in [1.165, 1.54) is 11.0 Å². The summed E-state index contributed by atoms with van der Waals surface area (Å²) in [5, 5.41) is 4.81. The van der Waals surface area contributed by atoms with Gasteiger partial charge in [0.05, 0.1) is 33.2 Å². The van der Waals surface area contributed by atoms with Crippen LogP contribution in [-0.2, 0) is 9.59 Å². The monoisotopic (exact) mass is 321 g/mol. The van der Waals surface area contributed by atoms with Gasteiger partial charge in [0.25, 0.3) is 11.8 Å². The Balaban J connectivity index is 1.76. The van der Waals surface area contributed by atoms with Gasteiger partial charge in [0.1, 0.15) is 11.3 Å². The second kappa shape index (κ2) is 5.90. The Morgan fingerprint density at radius 3 is 2.50 bits per heavy atom. The van der Waals surface area contributed by atoms with E-state index >= 15 is 0 Å². The van der Waals surface area contributed by atoms with Crippen molar-refractivity contribution >= 4 is 41.1 Å². The lowest BCUT2D eigenvalue weighted by Gasteiger charge is -2.29. The summed E-state index contributed by atoms with van der Waals surface area (Å²) >= 11 is 4.75.